The van der Waals surface area contributed by atoms with Crippen LogP contribution in [-0.4, -0.2) is 16.4 Å². The van der Waals surface area contributed by atoms with Crippen molar-refractivity contribution >= 4 is 6.21 Å². The number of nitrogens with zero attached hydrogens (tertiary/aromatic N) is 2. The van der Waals surface area contributed by atoms with Crippen LogP contribution in [0.25, 0.3) is 0 Å². The minimum Gasteiger partial charge on any atom is -0.411 e. The summed E-state index contributed by atoms with van der Waals surface area (Å²) in [6.07, 6.45) is 1.38. The SMILES string of the molecule is Cc1ccc(C=NO)c(C)n1. The lowest BCUT2D eigenvalue weighted by Gasteiger charge is -1.98. The van der Waals surface area contributed by atoms with Gasteiger partial charge in [0.1, 0.15) is 0 Å². The molecule has 3 heteroatoms. The highest BCUT2D eigenvalue weighted by atomic mass is 16.4. The predicted molar refractivity (Wildman–Crippen MR) is 43.1 cm³/mol. The van der Waals surface area contributed by atoms with Crippen LogP contribution in [0.5, 0.6) is 0 Å². The fourth-order valence-electron chi connectivity index (χ4n) is 0.896. The first-order valence-electron chi connectivity index (χ1n) is 3.35. The number of aryl methyl sites for hydroxylation is 2. The Labute approximate surface area is 65.4 Å². The molecule has 3 nitrogen and oxygen atoms in total. The molecule has 0 saturated carbocycles. The lowest BCUT2D eigenvalue weighted by Crippen LogP contribution is -1.92. The number of oxime groups is 1. The Kier molecular flexibility index (Phi) is 2.21. The molecular weight excluding hydrogens is 140 g/mol. The van der Waals surface area contributed by atoms with Crippen molar-refractivity contribution < 1.29 is 5.21 Å². The maximum Gasteiger partial charge on any atom is 0.0752 e. The molecule has 1 heterocycles. The molecule has 1 N–H and O–H groups in total. The second-order valence-corrected chi connectivity index (χ2v) is 2.37. The van der Waals surface area contributed by atoms with Gasteiger partial charge < -0.3 is 5.21 Å². The van der Waals surface area contributed by atoms with Gasteiger partial charge in [0.2, 0.25) is 0 Å². The van der Waals surface area contributed by atoms with Crippen LogP contribution in [0.1, 0.15) is 17.0 Å². The summed E-state index contributed by atoms with van der Waals surface area (Å²) in [7, 11) is 0. The van der Waals surface area contributed by atoms with Crippen molar-refractivity contribution in [2.24, 2.45) is 5.16 Å². The quantitative estimate of drug-likeness (QED) is 0.374. The van der Waals surface area contributed by atoms with Crippen LogP contribution in [0.3, 0.4) is 0 Å². The summed E-state index contributed by atoms with van der Waals surface area (Å²) < 4.78 is 0. The minimum absolute atomic E-state index is 0.845. The molecule has 0 saturated heterocycles. The van der Waals surface area contributed by atoms with Crippen molar-refractivity contribution in [1.82, 2.24) is 4.98 Å². The van der Waals surface area contributed by atoms with Gasteiger partial charge >= 0.3 is 0 Å². The molecule has 0 radical (unpaired) electrons. The third kappa shape index (κ3) is 1.77. The van der Waals surface area contributed by atoms with Crippen molar-refractivity contribution in [2.45, 2.75) is 13.8 Å². The number of hydrogen-bond donors (Lipinski definition) is 1. The Bertz CT molecular complexity index is 281. The molecule has 0 amide bonds. The van der Waals surface area contributed by atoms with Crippen molar-refractivity contribution in [3.05, 3.63) is 29.1 Å². The number of aromatic nitrogens is 1. The van der Waals surface area contributed by atoms with E-state index in [-0.39, 0.29) is 0 Å². The smallest absolute Gasteiger partial charge is 0.0752 e. The van der Waals surface area contributed by atoms with Gasteiger partial charge in [0.15, 0.2) is 0 Å². The van der Waals surface area contributed by atoms with E-state index in [4.69, 9.17) is 5.21 Å². The van der Waals surface area contributed by atoms with E-state index in [2.05, 4.69) is 10.1 Å². The minimum atomic E-state index is 0.845. The van der Waals surface area contributed by atoms with E-state index in [0.717, 1.165) is 17.0 Å². The molecule has 0 unspecified atom stereocenters. The summed E-state index contributed by atoms with van der Waals surface area (Å²) in [5, 5.41) is 11.2. The van der Waals surface area contributed by atoms with E-state index >= 15 is 0 Å². The Morgan fingerprint density at radius 2 is 2.18 bits per heavy atom. The number of hydrogen-bond acceptors (Lipinski definition) is 3. The molecule has 0 aliphatic carbocycles. The fraction of sp³-hybridized carbons (Fsp3) is 0.250. The highest BCUT2D eigenvalue weighted by molar-refractivity contribution is 5.80. The van der Waals surface area contributed by atoms with Gasteiger partial charge in [-0.3, -0.25) is 4.98 Å². The Hall–Kier alpha value is -1.38. The average molecular weight is 150 g/mol. The maximum atomic E-state index is 8.26. The fourth-order valence-corrected chi connectivity index (χ4v) is 0.896. The number of rotatable bonds is 1. The van der Waals surface area contributed by atoms with Gasteiger partial charge in [0.25, 0.3) is 0 Å². The van der Waals surface area contributed by atoms with Gasteiger partial charge in [-0.05, 0) is 26.0 Å². The van der Waals surface area contributed by atoms with E-state index in [1.807, 2.05) is 26.0 Å². The zero-order valence-electron chi connectivity index (χ0n) is 6.57. The van der Waals surface area contributed by atoms with Crippen LogP contribution in [0.4, 0.5) is 0 Å². The van der Waals surface area contributed by atoms with Gasteiger partial charge in [-0.1, -0.05) is 5.16 Å². The second kappa shape index (κ2) is 3.14. The highest BCUT2D eigenvalue weighted by Gasteiger charge is 1.95. The summed E-state index contributed by atoms with van der Waals surface area (Å²) in [5.41, 5.74) is 2.69. The molecule has 0 aromatic carbocycles. The van der Waals surface area contributed by atoms with Crippen molar-refractivity contribution in [3.8, 4) is 0 Å². The molecule has 1 aromatic heterocycles. The normalized spacial score (nSPS) is 10.7. The van der Waals surface area contributed by atoms with E-state index in [0.29, 0.717) is 0 Å². The molecule has 58 valence electrons. The highest BCUT2D eigenvalue weighted by Crippen LogP contribution is 2.02. The topological polar surface area (TPSA) is 45.5 Å². The van der Waals surface area contributed by atoms with Crippen molar-refractivity contribution in [1.29, 1.82) is 0 Å². The Morgan fingerprint density at radius 3 is 2.73 bits per heavy atom. The Morgan fingerprint density at radius 1 is 1.45 bits per heavy atom. The zero-order chi connectivity index (χ0) is 8.27. The van der Waals surface area contributed by atoms with E-state index in [1.165, 1.54) is 6.21 Å². The second-order valence-electron chi connectivity index (χ2n) is 2.37. The third-order valence-corrected chi connectivity index (χ3v) is 1.46. The maximum absolute atomic E-state index is 8.26. The van der Waals surface area contributed by atoms with Crippen LogP contribution in [-0.2, 0) is 0 Å². The van der Waals surface area contributed by atoms with Crippen molar-refractivity contribution in [3.63, 3.8) is 0 Å². The molecule has 0 spiro atoms. The first-order chi connectivity index (χ1) is 5.24. The molecular formula is C8H10N2O. The predicted octanol–water partition coefficient (Wildman–Crippen LogP) is 1.51. The lowest BCUT2D eigenvalue weighted by atomic mass is 10.2. The molecule has 0 atom stereocenters. The van der Waals surface area contributed by atoms with Crippen LogP contribution in [0.2, 0.25) is 0 Å². The Balaban J connectivity index is 3.09. The molecule has 0 aliphatic rings. The lowest BCUT2D eigenvalue weighted by molar-refractivity contribution is 0.322. The monoisotopic (exact) mass is 150 g/mol. The number of pyridine rings is 1. The van der Waals surface area contributed by atoms with E-state index in [9.17, 15) is 0 Å². The largest absolute Gasteiger partial charge is 0.411 e. The average Bonchev–Trinajstić information content (AvgIpc) is 1.95. The first kappa shape index (κ1) is 7.72. The molecule has 11 heavy (non-hydrogen) atoms. The molecule has 0 fully saturated rings. The van der Waals surface area contributed by atoms with E-state index < -0.39 is 0 Å². The summed E-state index contributed by atoms with van der Waals surface area (Å²) in [4.78, 5) is 4.19. The van der Waals surface area contributed by atoms with Crippen LogP contribution in [0, 0.1) is 13.8 Å². The summed E-state index contributed by atoms with van der Waals surface area (Å²) >= 11 is 0. The molecule has 0 aliphatic heterocycles. The van der Waals surface area contributed by atoms with Crippen LogP contribution in [0.15, 0.2) is 17.3 Å². The van der Waals surface area contributed by atoms with E-state index in [1.54, 1.807) is 0 Å². The summed E-state index contributed by atoms with van der Waals surface area (Å²) in [6, 6.07) is 3.75. The van der Waals surface area contributed by atoms with Gasteiger partial charge in [0.05, 0.1) is 6.21 Å². The third-order valence-electron chi connectivity index (χ3n) is 1.46. The summed E-state index contributed by atoms with van der Waals surface area (Å²) in [5.74, 6) is 0. The van der Waals surface area contributed by atoms with Crippen LogP contribution < -0.4 is 0 Å². The van der Waals surface area contributed by atoms with Crippen molar-refractivity contribution in [2.75, 3.05) is 0 Å². The van der Waals surface area contributed by atoms with Gasteiger partial charge in [-0.15, -0.1) is 0 Å². The van der Waals surface area contributed by atoms with Crippen LogP contribution >= 0.6 is 0 Å². The summed E-state index contributed by atoms with van der Waals surface area (Å²) in [6.45, 7) is 3.80. The molecule has 0 bridgehead atoms. The van der Waals surface area contributed by atoms with Gasteiger partial charge in [0, 0.05) is 17.0 Å². The molecule has 1 rings (SSSR count). The van der Waals surface area contributed by atoms with Gasteiger partial charge in [-0.25, -0.2) is 0 Å². The first-order valence-corrected chi connectivity index (χ1v) is 3.35. The standard InChI is InChI=1S/C8H10N2O/c1-6-3-4-8(5-9-11)7(2)10-6/h3-5,11H,1-2H3. The zero-order valence-corrected chi connectivity index (χ0v) is 6.57. The molecule has 1 aromatic rings. The van der Waals surface area contributed by atoms with Gasteiger partial charge in [-0.2, -0.15) is 0 Å².